The summed E-state index contributed by atoms with van der Waals surface area (Å²) < 4.78 is 5.11. The maximum absolute atomic E-state index is 11.1. The van der Waals surface area contributed by atoms with E-state index < -0.39 is 0 Å². The van der Waals surface area contributed by atoms with Crippen LogP contribution in [-0.2, 0) is 4.74 Å². The van der Waals surface area contributed by atoms with Gasteiger partial charge in [0.15, 0.2) is 0 Å². The van der Waals surface area contributed by atoms with E-state index in [1.807, 2.05) is 20.8 Å². The monoisotopic (exact) mass is 157 g/mol. The third kappa shape index (κ3) is 1.32. The third-order valence-electron chi connectivity index (χ3n) is 2.26. The van der Waals surface area contributed by atoms with Crippen molar-refractivity contribution in [3.05, 3.63) is 0 Å². The molecule has 1 saturated heterocycles. The molecule has 0 aromatic rings. The van der Waals surface area contributed by atoms with Crippen molar-refractivity contribution >= 4 is 6.09 Å². The highest BCUT2D eigenvalue weighted by molar-refractivity contribution is 5.70. The smallest absolute Gasteiger partial charge is 0.410 e. The highest BCUT2D eigenvalue weighted by Crippen LogP contribution is 2.20. The molecule has 1 heterocycles. The van der Waals surface area contributed by atoms with E-state index >= 15 is 0 Å². The summed E-state index contributed by atoms with van der Waals surface area (Å²) in [6.07, 6.45) is 0.845. The number of ether oxygens (including phenoxy) is 1. The molecule has 0 aromatic carbocycles. The second kappa shape index (κ2) is 3.11. The van der Waals surface area contributed by atoms with Crippen LogP contribution in [0.4, 0.5) is 4.79 Å². The van der Waals surface area contributed by atoms with Crippen LogP contribution in [-0.4, -0.2) is 29.7 Å². The summed E-state index contributed by atoms with van der Waals surface area (Å²) >= 11 is 0. The average Bonchev–Trinajstić information content (AvgIpc) is 2.26. The van der Waals surface area contributed by atoms with Crippen molar-refractivity contribution in [2.75, 3.05) is 6.54 Å². The lowest BCUT2D eigenvalue weighted by Crippen LogP contribution is -2.33. The Balaban J connectivity index is 2.62. The number of cyclic esters (lactones) is 1. The van der Waals surface area contributed by atoms with Crippen molar-refractivity contribution < 1.29 is 9.53 Å². The van der Waals surface area contributed by atoms with Gasteiger partial charge in [0, 0.05) is 6.54 Å². The molecule has 0 unspecified atom stereocenters. The number of rotatable bonds is 2. The van der Waals surface area contributed by atoms with Crippen LogP contribution in [0.15, 0.2) is 0 Å². The van der Waals surface area contributed by atoms with Gasteiger partial charge in [-0.2, -0.15) is 0 Å². The molecular weight excluding hydrogens is 142 g/mol. The predicted molar refractivity (Wildman–Crippen MR) is 42.4 cm³/mol. The fourth-order valence-electron chi connectivity index (χ4n) is 1.50. The molecule has 1 fully saturated rings. The van der Waals surface area contributed by atoms with Gasteiger partial charge in [0.25, 0.3) is 0 Å². The van der Waals surface area contributed by atoms with Gasteiger partial charge in [0.1, 0.15) is 6.10 Å². The van der Waals surface area contributed by atoms with Crippen molar-refractivity contribution in [1.29, 1.82) is 0 Å². The number of hydrogen-bond donors (Lipinski definition) is 0. The van der Waals surface area contributed by atoms with Gasteiger partial charge in [-0.3, -0.25) is 0 Å². The van der Waals surface area contributed by atoms with Gasteiger partial charge < -0.3 is 9.64 Å². The number of carbonyl (C=O) groups is 1. The second-order valence-corrected chi connectivity index (χ2v) is 2.86. The Morgan fingerprint density at radius 3 is 2.45 bits per heavy atom. The second-order valence-electron chi connectivity index (χ2n) is 2.86. The normalized spacial score (nSPS) is 30.8. The first-order valence-corrected chi connectivity index (χ1v) is 4.18. The third-order valence-corrected chi connectivity index (χ3v) is 2.26. The first kappa shape index (κ1) is 8.37. The van der Waals surface area contributed by atoms with Crippen LogP contribution in [0.5, 0.6) is 0 Å². The minimum atomic E-state index is -0.160. The number of amides is 1. The maximum Gasteiger partial charge on any atom is 0.410 e. The van der Waals surface area contributed by atoms with Gasteiger partial charge in [0.05, 0.1) is 6.04 Å². The lowest BCUT2D eigenvalue weighted by Gasteiger charge is -2.17. The van der Waals surface area contributed by atoms with Crippen molar-refractivity contribution in [3.63, 3.8) is 0 Å². The maximum atomic E-state index is 11.1. The summed E-state index contributed by atoms with van der Waals surface area (Å²) in [5, 5.41) is 0. The van der Waals surface area contributed by atoms with Crippen LogP contribution >= 0.6 is 0 Å². The molecule has 0 N–H and O–H groups in total. The number of hydrogen-bond acceptors (Lipinski definition) is 2. The minimum absolute atomic E-state index is 0.0995. The van der Waals surface area contributed by atoms with Crippen LogP contribution in [0.1, 0.15) is 27.2 Å². The van der Waals surface area contributed by atoms with Crippen molar-refractivity contribution in [2.45, 2.75) is 39.3 Å². The summed E-state index contributed by atoms with van der Waals surface area (Å²) in [4.78, 5) is 12.8. The number of nitrogens with zero attached hydrogens (tertiary/aromatic N) is 1. The Hall–Kier alpha value is -0.730. The molecule has 1 rings (SSSR count). The molecule has 0 radical (unpaired) electrons. The molecule has 0 saturated carbocycles. The first-order valence-electron chi connectivity index (χ1n) is 4.18. The highest BCUT2D eigenvalue weighted by Gasteiger charge is 2.35. The highest BCUT2D eigenvalue weighted by atomic mass is 16.6. The summed E-state index contributed by atoms with van der Waals surface area (Å²) in [6, 6.07) is 0.248. The fourth-order valence-corrected chi connectivity index (χ4v) is 1.50. The van der Waals surface area contributed by atoms with Crippen molar-refractivity contribution in [2.24, 2.45) is 0 Å². The standard InChI is InChI=1S/C8H15NO2/c1-4-7-6(3)9(5-2)8(10)11-7/h6-7H,4-5H2,1-3H3/t6-,7-/m0/s1. The summed E-state index contributed by atoms with van der Waals surface area (Å²) in [6.45, 7) is 6.78. The van der Waals surface area contributed by atoms with Crippen LogP contribution in [0.2, 0.25) is 0 Å². The Labute approximate surface area is 67.3 Å². The lowest BCUT2D eigenvalue weighted by molar-refractivity contribution is 0.128. The molecule has 2 atom stereocenters. The van der Waals surface area contributed by atoms with E-state index in [0.717, 1.165) is 13.0 Å². The summed E-state index contributed by atoms with van der Waals surface area (Å²) in [7, 11) is 0. The van der Waals surface area contributed by atoms with E-state index in [4.69, 9.17) is 4.74 Å². The molecule has 0 bridgehead atoms. The van der Waals surface area contributed by atoms with E-state index in [0.29, 0.717) is 0 Å². The zero-order valence-corrected chi connectivity index (χ0v) is 7.33. The topological polar surface area (TPSA) is 29.5 Å². The molecule has 64 valence electrons. The van der Waals surface area contributed by atoms with E-state index in [9.17, 15) is 4.79 Å². The van der Waals surface area contributed by atoms with Gasteiger partial charge in [-0.25, -0.2) is 4.79 Å². The molecule has 1 amide bonds. The number of likely N-dealkylation sites (N-methyl/N-ethyl adjacent to an activating group) is 1. The summed E-state index contributed by atoms with van der Waals surface area (Å²) in [5.41, 5.74) is 0. The Morgan fingerprint density at radius 2 is 2.18 bits per heavy atom. The van der Waals surface area contributed by atoms with E-state index in [-0.39, 0.29) is 18.2 Å². The zero-order valence-electron chi connectivity index (χ0n) is 7.33. The molecule has 3 heteroatoms. The molecule has 11 heavy (non-hydrogen) atoms. The van der Waals surface area contributed by atoms with Crippen LogP contribution in [0.3, 0.4) is 0 Å². The largest absolute Gasteiger partial charge is 0.444 e. The Morgan fingerprint density at radius 1 is 1.55 bits per heavy atom. The molecular formula is C8H15NO2. The summed E-state index contributed by atoms with van der Waals surface area (Å²) in [5.74, 6) is 0. The molecule has 0 spiro atoms. The Kier molecular flexibility index (Phi) is 2.37. The quantitative estimate of drug-likeness (QED) is 0.609. The number of carbonyl (C=O) groups excluding carboxylic acids is 1. The van der Waals surface area contributed by atoms with Crippen molar-refractivity contribution in [1.82, 2.24) is 4.90 Å². The fraction of sp³-hybridized carbons (Fsp3) is 0.875. The predicted octanol–water partition coefficient (Wildman–Crippen LogP) is 1.63. The van der Waals surface area contributed by atoms with Crippen LogP contribution in [0, 0.1) is 0 Å². The molecule has 1 aliphatic rings. The molecule has 0 aliphatic carbocycles. The van der Waals surface area contributed by atoms with Crippen LogP contribution in [0.25, 0.3) is 0 Å². The minimum Gasteiger partial charge on any atom is -0.444 e. The van der Waals surface area contributed by atoms with Crippen LogP contribution < -0.4 is 0 Å². The van der Waals surface area contributed by atoms with Gasteiger partial charge in [-0.15, -0.1) is 0 Å². The first-order chi connectivity index (χ1) is 5.20. The van der Waals surface area contributed by atoms with E-state index in [1.165, 1.54) is 0 Å². The SMILES string of the molecule is CC[C@@H]1OC(=O)N(CC)[C@H]1C. The van der Waals surface area contributed by atoms with Gasteiger partial charge in [-0.05, 0) is 20.3 Å². The molecule has 0 aromatic heterocycles. The van der Waals surface area contributed by atoms with Crippen molar-refractivity contribution in [3.8, 4) is 0 Å². The van der Waals surface area contributed by atoms with E-state index in [1.54, 1.807) is 4.90 Å². The molecule has 3 nitrogen and oxygen atoms in total. The van der Waals surface area contributed by atoms with Gasteiger partial charge in [-0.1, -0.05) is 6.92 Å². The average molecular weight is 157 g/mol. The van der Waals surface area contributed by atoms with E-state index in [2.05, 4.69) is 0 Å². The van der Waals surface area contributed by atoms with Gasteiger partial charge >= 0.3 is 6.09 Å². The lowest BCUT2D eigenvalue weighted by atomic mass is 10.1. The van der Waals surface area contributed by atoms with Gasteiger partial charge in [0.2, 0.25) is 0 Å². The zero-order chi connectivity index (χ0) is 8.43. The Bertz CT molecular complexity index is 158. The molecule has 1 aliphatic heterocycles.